The van der Waals surface area contributed by atoms with Crippen LogP contribution in [0.1, 0.15) is 47.2 Å². The molecule has 0 aliphatic carbocycles. The van der Waals surface area contributed by atoms with Crippen LogP contribution in [-0.2, 0) is 4.79 Å². The molecule has 0 aromatic heterocycles. The van der Waals surface area contributed by atoms with Gasteiger partial charge in [0.2, 0.25) is 5.91 Å². The lowest BCUT2D eigenvalue weighted by molar-refractivity contribution is -0.124. The van der Waals surface area contributed by atoms with Crippen molar-refractivity contribution < 1.29 is 14.0 Å². The van der Waals surface area contributed by atoms with Crippen molar-refractivity contribution in [3.05, 3.63) is 71.0 Å². The number of amides is 2. The maximum Gasteiger partial charge on any atom is 0.253 e. The molecule has 1 aliphatic rings. The maximum atomic E-state index is 13.2. The standard InChI is InChI=1S/C23H27FN2O2/c1-3-4-13-25-22(27)21-15-26(23(28)17-9-11-18(24)12-10-17)14-20(21)19-8-6-5-7-16(19)2/h5-12,20-21H,3-4,13-15H2,1-2H3,(H,25,27). The van der Waals surface area contributed by atoms with Gasteiger partial charge in [0.25, 0.3) is 5.91 Å². The Hall–Kier alpha value is -2.69. The summed E-state index contributed by atoms with van der Waals surface area (Å²) in [5.74, 6) is -0.878. The van der Waals surface area contributed by atoms with Crippen LogP contribution in [0.25, 0.3) is 0 Å². The molecule has 0 bridgehead atoms. The van der Waals surface area contributed by atoms with Gasteiger partial charge in [-0.1, -0.05) is 37.6 Å². The van der Waals surface area contributed by atoms with Crippen molar-refractivity contribution in [2.45, 2.75) is 32.6 Å². The Balaban J connectivity index is 1.83. The van der Waals surface area contributed by atoms with Gasteiger partial charge in [-0.15, -0.1) is 0 Å². The van der Waals surface area contributed by atoms with E-state index in [2.05, 4.69) is 12.2 Å². The van der Waals surface area contributed by atoms with Crippen molar-refractivity contribution in [2.75, 3.05) is 19.6 Å². The first-order chi connectivity index (χ1) is 13.5. The zero-order chi connectivity index (χ0) is 20.1. The molecule has 0 radical (unpaired) electrons. The molecule has 0 saturated carbocycles. The fourth-order valence-corrected chi connectivity index (χ4v) is 3.85. The molecule has 1 N–H and O–H groups in total. The fraction of sp³-hybridized carbons (Fsp3) is 0.391. The highest BCUT2D eigenvalue weighted by molar-refractivity contribution is 5.95. The number of carbonyl (C=O) groups is 2. The number of hydrogen-bond donors (Lipinski definition) is 1. The number of unbranched alkanes of at least 4 members (excludes halogenated alkanes) is 1. The van der Waals surface area contributed by atoms with E-state index in [9.17, 15) is 14.0 Å². The molecule has 2 aromatic carbocycles. The van der Waals surface area contributed by atoms with Gasteiger partial charge >= 0.3 is 0 Å². The van der Waals surface area contributed by atoms with Gasteiger partial charge in [-0.3, -0.25) is 9.59 Å². The summed E-state index contributed by atoms with van der Waals surface area (Å²) in [6, 6.07) is 13.6. The van der Waals surface area contributed by atoms with Crippen molar-refractivity contribution in [2.24, 2.45) is 5.92 Å². The average molecular weight is 382 g/mol. The Morgan fingerprint density at radius 3 is 2.50 bits per heavy atom. The SMILES string of the molecule is CCCCNC(=O)C1CN(C(=O)c2ccc(F)cc2)CC1c1ccccc1C. The number of nitrogens with zero attached hydrogens (tertiary/aromatic N) is 1. The van der Waals surface area contributed by atoms with E-state index in [1.54, 1.807) is 4.90 Å². The Morgan fingerprint density at radius 1 is 1.11 bits per heavy atom. The molecule has 3 rings (SSSR count). The second-order valence-electron chi connectivity index (χ2n) is 7.43. The van der Waals surface area contributed by atoms with Crippen molar-refractivity contribution in [3.8, 4) is 0 Å². The molecule has 1 heterocycles. The molecule has 4 nitrogen and oxygen atoms in total. The molecule has 2 atom stereocenters. The molecule has 2 aromatic rings. The molecule has 1 aliphatic heterocycles. The van der Waals surface area contributed by atoms with E-state index < -0.39 is 0 Å². The summed E-state index contributed by atoms with van der Waals surface area (Å²) < 4.78 is 13.2. The van der Waals surface area contributed by atoms with E-state index in [0.29, 0.717) is 25.2 Å². The summed E-state index contributed by atoms with van der Waals surface area (Å²) >= 11 is 0. The first-order valence-electron chi connectivity index (χ1n) is 9.89. The minimum atomic E-state index is -0.371. The second kappa shape index (κ2) is 9.00. The van der Waals surface area contributed by atoms with Gasteiger partial charge in [-0.05, 0) is 48.7 Å². The normalized spacial score (nSPS) is 18.9. The van der Waals surface area contributed by atoms with E-state index >= 15 is 0 Å². The van der Waals surface area contributed by atoms with Gasteiger partial charge in [0, 0.05) is 31.1 Å². The first-order valence-corrected chi connectivity index (χ1v) is 9.89. The molecule has 2 amide bonds. The Bertz CT molecular complexity index is 835. The summed E-state index contributed by atoms with van der Waals surface area (Å²) in [6.45, 7) is 5.62. The smallest absolute Gasteiger partial charge is 0.253 e. The van der Waals surface area contributed by atoms with Gasteiger partial charge < -0.3 is 10.2 Å². The Labute approximate surface area is 165 Å². The van der Waals surface area contributed by atoms with E-state index in [1.165, 1.54) is 24.3 Å². The predicted octanol–water partition coefficient (Wildman–Crippen LogP) is 3.91. The van der Waals surface area contributed by atoms with Crippen LogP contribution in [0, 0.1) is 18.7 Å². The summed E-state index contributed by atoms with van der Waals surface area (Å²) in [5.41, 5.74) is 2.67. The molecule has 1 saturated heterocycles. The molecule has 148 valence electrons. The fourth-order valence-electron chi connectivity index (χ4n) is 3.85. The van der Waals surface area contributed by atoms with Crippen LogP contribution in [0.5, 0.6) is 0 Å². The van der Waals surface area contributed by atoms with Gasteiger partial charge in [0.1, 0.15) is 5.82 Å². The molecule has 2 unspecified atom stereocenters. The minimum Gasteiger partial charge on any atom is -0.356 e. The number of benzene rings is 2. The topological polar surface area (TPSA) is 49.4 Å². The van der Waals surface area contributed by atoms with Crippen molar-refractivity contribution in [3.63, 3.8) is 0 Å². The highest BCUT2D eigenvalue weighted by Gasteiger charge is 2.40. The Kier molecular flexibility index (Phi) is 6.45. The van der Waals surface area contributed by atoms with E-state index in [0.717, 1.165) is 24.0 Å². The number of carbonyl (C=O) groups excluding carboxylic acids is 2. The van der Waals surface area contributed by atoms with Crippen LogP contribution in [-0.4, -0.2) is 36.3 Å². The number of halogens is 1. The monoisotopic (exact) mass is 382 g/mol. The summed E-state index contributed by atoms with van der Waals surface area (Å²) in [6.07, 6.45) is 1.95. The van der Waals surface area contributed by atoms with Gasteiger partial charge in [-0.2, -0.15) is 0 Å². The lowest BCUT2D eigenvalue weighted by Gasteiger charge is -2.20. The summed E-state index contributed by atoms with van der Waals surface area (Å²) in [4.78, 5) is 27.5. The Morgan fingerprint density at radius 2 is 1.82 bits per heavy atom. The van der Waals surface area contributed by atoms with Gasteiger partial charge in [0.05, 0.1) is 5.92 Å². The molecular formula is C23H27FN2O2. The van der Waals surface area contributed by atoms with Gasteiger partial charge in [0.15, 0.2) is 0 Å². The van der Waals surface area contributed by atoms with Crippen LogP contribution >= 0.6 is 0 Å². The summed E-state index contributed by atoms with van der Waals surface area (Å²) in [7, 11) is 0. The van der Waals surface area contributed by atoms with Crippen LogP contribution in [0.4, 0.5) is 4.39 Å². The second-order valence-corrected chi connectivity index (χ2v) is 7.43. The lowest BCUT2D eigenvalue weighted by Crippen LogP contribution is -2.36. The van der Waals surface area contributed by atoms with E-state index in [-0.39, 0.29) is 29.5 Å². The van der Waals surface area contributed by atoms with Crippen molar-refractivity contribution in [1.29, 1.82) is 0 Å². The predicted molar refractivity (Wildman–Crippen MR) is 108 cm³/mol. The summed E-state index contributed by atoms with van der Waals surface area (Å²) in [5, 5.41) is 3.02. The minimum absolute atomic E-state index is 0.00360. The zero-order valence-corrected chi connectivity index (χ0v) is 16.5. The highest BCUT2D eigenvalue weighted by atomic mass is 19.1. The number of nitrogens with one attached hydrogen (secondary N) is 1. The number of hydrogen-bond acceptors (Lipinski definition) is 2. The van der Waals surface area contributed by atoms with Crippen LogP contribution in [0.15, 0.2) is 48.5 Å². The van der Waals surface area contributed by atoms with Crippen LogP contribution < -0.4 is 5.32 Å². The number of aryl methyl sites for hydroxylation is 1. The van der Waals surface area contributed by atoms with E-state index in [1.807, 2.05) is 31.2 Å². The average Bonchev–Trinajstić information content (AvgIpc) is 3.14. The number of rotatable bonds is 6. The first kappa shape index (κ1) is 20.1. The third-order valence-electron chi connectivity index (χ3n) is 5.45. The largest absolute Gasteiger partial charge is 0.356 e. The van der Waals surface area contributed by atoms with Crippen LogP contribution in [0.3, 0.4) is 0 Å². The number of likely N-dealkylation sites (tertiary alicyclic amines) is 1. The lowest BCUT2D eigenvalue weighted by atomic mass is 9.86. The maximum absolute atomic E-state index is 13.2. The molecule has 0 spiro atoms. The molecule has 1 fully saturated rings. The van der Waals surface area contributed by atoms with Crippen molar-refractivity contribution >= 4 is 11.8 Å². The molecular weight excluding hydrogens is 355 g/mol. The third-order valence-corrected chi connectivity index (χ3v) is 5.45. The van der Waals surface area contributed by atoms with Gasteiger partial charge in [-0.25, -0.2) is 4.39 Å². The zero-order valence-electron chi connectivity index (χ0n) is 16.5. The highest BCUT2D eigenvalue weighted by Crippen LogP contribution is 2.35. The third kappa shape index (κ3) is 4.41. The van der Waals surface area contributed by atoms with Crippen molar-refractivity contribution in [1.82, 2.24) is 10.2 Å². The molecule has 5 heteroatoms. The van der Waals surface area contributed by atoms with Crippen LogP contribution in [0.2, 0.25) is 0 Å². The quantitative estimate of drug-likeness (QED) is 0.770. The van der Waals surface area contributed by atoms with E-state index in [4.69, 9.17) is 0 Å². The molecule has 28 heavy (non-hydrogen) atoms.